The first-order chi connectivity index (χ1) is 17.7. The molecule has 2 aliphatic heterocycles. The van der Waals surface area contributed by atoms with Crippen molar-refractivity contribution in [2.75, 3.05) is 18.6 Å². The second kappa shape index (κ2) is 10.9. The lowest BCUT2D eigenvalue weighted by molar-refractivity contribution is -0.150. The van der Waals surface area contributed by atoms with Crippen LogP contribution < -0.4 is 15.8 Å². The third-order valence-electron chi connectivity index (χ3n) is 5.22. The molecular weight excluding hydrogens is 528 g/mol. The van der Waals surface area contributed by atoms with Crippen molar-refractivity contribution < 1.29 is 33.9 Å². The third kappa shape index (κ3) is 5.36. The molecule has 15 nitrogen and oxygen atoms in total. The van der Waals surface area contributed by atoms with E-state index >= 15 is 0 Å². The van der Waals surface area contributed by atoms with Gasteiger partial charge in [-0.3, -0.25) is 14.5 Å². The van der Waals surface area contributed by atoms with Gasteiger partial charge in [0.15, 0.2) is 5.71 Å². The molecule has 3 amide bonds. The molecule has 17 heteroatoms. The summed E-state index contributed by atoms with van der Waals surface area (Å²) in [6, 6.07) is 4.86. The minimum atomic E-state index is -1.25. The number of nitrogens with one attached hydrogen (secondary N) is 1. The summed E-state index contributed by atoms with van der Waals surface area (Å²) < 4.78 is 6.29. The molecule has 4 rings (SSSR count). The van der Waals surface area contributed by atoms with Gasteiger partial charge in [-0.2, -0.15) is 0 Å². The number of primary amides is 1. The number of aliphatic carboxylic acids is 1. The van der Waals surface area contributed by atoms with Gasteiger partial charge in [0, 0.05) is 24.1 Å². The van der Waals surface area contributed by atoms with E-state index in [1.165, 1.54) is 64.5 Å². The van der Waals surface area contributed by atoms with Crippen LogP contribution in [-0.2, 0) is 26.3 Å². The molecule has 0 spiro atoms. The average Bonchev–Trinajstić information content (AvgIpc) is 3.27. The van der Waals surface area contributed by atoms with Gasteiger partial charge in [0.1, 0.15) is 30.0 Å². The fourth-order valence-corrected chi connectivity index (χ4v) is 5.97. The summed E-state index contributed by atoms with van der Waals surface area (Å²) >= 11 is 2.57. The van der Waals surface area contributed by atoms with Gasteiger partial charge in [0.05, 0.1) is 0 Å². The second-order valence-corrected chi connectivity index (χ2v) is 9.61. The smallest absolute Gasteiger partial charge is 0.409 e. The van der Waals surface area contributed by atoms with E-state index in [1.54, 1.807) is 7.05 Å². The number of hydrogen-bond donors (Lipinski definition) is 3. The van der Waals surface area contributed by atoms with Crippen LogP contribution >= 0.6 is 23.5 Å². The molecule has 4 N–H and O–H groups in total. The number of tetrazole rings is 1. The maximum absolute atomic E-state index is 13.0. The molecule has 1 fully saturated rings. The van der Waals surface area contributed by atoms with E-state index < -0.39 is 35.3 Å². The zero-order chi connectivity index (χ0) is 26.7. The zero-order valence-corrected chi connectivity index (χ0v) is 21.0. The number of ether oxygens (including phenoxy) is 1. The Bertz CT molecular complexity index is 1330. The van der Waals surface area contributed by atoms with Crippen molar-refractivity contribution in [3.05, 3.63) is 41.1 Å². The van der Waals surface area contributed by atoms with Crippen LogP contribution in [0.3, 0.4) is 0 Å². The number of amides is 3. The van der Waals surface area contributed by atoms with Gasteiger partial charge in [0.2, 0.25) is 5.16 Å². The van der Waals surface area contributed by atoms with E-state index in [9.17, 15) is 24.3 Å². The highest BCUT2D eigenvalue weighted by molar-refractivity contribution is 8.01. The molecule has 2 aromatic rings. The lowest BCUT2D eigenvalue weighted by Gasteiger charge is -2.49. The fourth-order valence-electron chi connectivity index (χ4n) is 3.64. The summed E-state index contributed by atoms with van der Waals surface area (Å²) in [5.41, 5.74) is 5.50. The van der Waals surface area contributed by atoms with E-state index in [0.717, 1.165) is 0 Å². The molecule has 0 saturated carbocycles. The van der Waals surface area contributed by atoms with E-state index in [4.69, 9.17) is 15.3 Å². The van der Waals surface area contributed by atoms with Crippen LogP contribution in [0.25, 0.3) is 0 Å². The Morgan fingerprint density at radius 1 is 1.38 bits per heavy atom. The largest absolute Gasteiger partial charge is 0.477 e. The van der Waals surface area contributed by atoms with Gasteiger partial charge in [-0.1, -0.05) is 29.1 Å². The van der Waals surface area contributed by atoms with Crippen molar-refractivity contribution in [2.45, 2.75) is 16.6 Å². The molecule has 1 saturated heterocycles. The molecule has 2 aliphatic rings. The van der Waals surface area contributed by atoms with Gasteiger partial charge in [-0.15, -0.1) is 16.9 Å². The van der Waals surface area contributed by atoms with Gasteiger partial charge in [-0.25, -0.2) is 14.3 Å². The van der Waals surface area contributed by atoms with Crippen LogP contribution in [0.5, 0.6) is 5.75 Å². The number of carboxylic acid groups (broad SMARTS) is 1. The Labute approximate surface area is 217 Å². The van der Waals surface area contributed by atoms with Crippen LogP contribution in [0.2, 0.25) is 0 Å². The number of carbonyl (C=O) groups excluding carboxylic acids is 3. The van der Waals surface area contributed by atoms with Gasteiger partial charge in [0.25, 0.3) is 11.8 Å². The minimum Gasteiger partial charge on any atom is -0.477 e. The first kappa shape index (κ1) is 26.0. The van der Waals surface area contributed by atoms with Crippen LogP contribution in [0, 0.1) is 0 Å². The van der Waals surface area contributed by atoms with E-state index in [0.29, 0.717) is 16.5 Å². The molecule has 1 aromatic carbocycles. The Morgan fingerprint density at radius 3 is 2.81 bits per heavy atom. The highest BCUT2D eigenvalue weighted by Gasteiger charge is 2.54. The Balaban J connectivity index is 1.50. The lowest BCUT2D eigenvalue weighted by Crippen LogP contribution is -2.71. The maximum Gasteiger partial charge on any atom is 0.409 e. The van der Waals surface area contributed by atoms with E-state index in [-0.39, 0.29) is 28.5 Å². The number of aromatic nitrogens is 4. The monoisotopic (exact) mass is 548 g/mol. The Kier molecular flexibility index (Phi) is 7.63. The molecule has 0 aliphatic carbocycles. The predicted octanol–water partition coefficient (Wildman–Crippen LogP) is -0.451. The number of carboxylic acids is 1. The zero-order valence-electron chi connectivity index (χ0n) is 19.4. The topological polar surface area (TPSA) is 204 Å². The number of carbonyl (C=O) groups is 4. The lowest BCUT2D eigenvalue weighted by atomic mass is 10.0. The van der Waals surface area contributed by atoms with E-state index in [2.05, 4.69) is 26.0 Å². The predicted molar refractivity (Wildman–Crippen MR) is 129 cm³/mol. The highest BCUT2D eigenvalue weighted by atomic mass is 32.2. The van der Waals surface area contributed by atoms with Crippen LogP contribution in [0.1, 0.15) is 5.56 Å². The molecule has 3 heterocycles. The quantitative estimate of drug-likeness (QED) is 0.158. The van der Waals surface area contributed by atoms with E-state index in [1.807, 2.05) is 0 Å². The third-order valence-corrected chi connectivity index (χ3v) is 7.65. The Morgan fingerprint density at radius 2 is 2.16 bits per heavy atom. The highest BCUT2D eigenvalue weighted by Crippen LogP contribution is 2.41. The number of oxime groups is 1. The fraction of sp³-hybridized carbons (Fsp3) is 0.300. The molecular formula is C20H20N8O7S2. The van der Waals surface area contributed by atoms with Crippen LogP contribution in [0.4, 0.5) is 4.79 Å². The van der Waals surface area contributed by atoms with Crippen molar-refractivity contribution in [3.8, 4) is 5.75 Å². The number of nitrogens with two attached hydrogens (primary N) is 1. The summed E-state index contributed by atoms with van der Waals surface area (Å²) in [7, 11) is 2.90. The standard InChI is InChI=1S/C20H20N8O7S2/c1-27-20(23-25-26-27)37-8-10-7-36-17-13(16(30)28(17)14(10)18(31)32)22-15(29)12(24-34-2)9-4-3-5-11(6-9)35-19(21)33/h3-6,13,17H,7-8H2,1-2H3,(H2,21,33)(H,22,29)(H,31,32)/t13?,17-/m1/s1. The number of hydrogen-bond acceptors (Lipinski definition) is 12. The van der Waals surface area contributed by atoms with Crippen molar-refractivity contribution in [1.29, 1.82) is 0 Å². The second-order valence-electron chi connectivity index (χ2n) is 7.56. The van der Waals surface area contributed by atoms with Crippen LogP contribution in [-0.4, -0.2) is 89.8 Å². The van der Waals surface area contributed by atoms with Gasteiger partial charge < -0.3 is 25.7 Å². The maximum atomic E-state index is 13.0. The number of fused-ring (bicyclic) bond motifs is 1. The first-order valence-electron chi connectivity index (χ1n) is 10.5. The molecule has 37 heavy (non-hydrogen) atoms. The molecule has 0 bridgehead atoms. The number of aryl methyl sites for hydroxylation is 1. The van der Waals surface area contributed by atoms with Crippen molar-refractivity contribution in [3.63, 3.8) is 0 Å². The van der Waals surface area contributed by atoms with Crippen LogP contribution in [0.15, 0.2) is 45.8 Å². The summed E-state index contributed by atoms with van der Waals surface area (Å²) in [4.78, 5) is 55.1. The average molecular weight is 549 g/mol. The van der Waals surface area contributed by atoms with Gasteiger partial charge in [-0.05, 0) is 28.1 Å². The number of thioether (sulfide) groups is 2. The molecule has 2 atom stereocenters. The molecule has 0 radical (unpaired) electrons. The summed E-state index contributed by atoms with van der Waals surface area (Å²) in [5, 5.41) is 27.2. The normalized spacial score (nSPS) is 19.1. The SMILES string of the molecule is CON=C(C(=O)NC1C(=O)N2C(C(=O)O)=C(CSc3nnnn3C)CS[C@H]12)c1cccc(OC(N)=O)c1. The Hall–Kier alpha value is -4.12. The summed E-state index contributed by atoms with van der Waals surface area (Å²) in [6.07, 6.45) is -1.03. The summed E-state index contributed by atoms with van der Waals surface area (Å²) in [5.74, 6) is -1.89. The molecule has 1 unspecified atom stereocenters. The van der Waals surface area contributed by atoms with Crippen molar-refractivity contribution in [2.24, 2.45) is 17.9 Å². The number of nitrogens with zero attached hydrogens (tertiary/aromatic N) is 6. The molecule has 1 aromatic heterocycles. The number of rotatable bonds is 9. The number of benzene rings is 1. The molecule has 194 valence electrons. The first-order valence-corrected chi connectivity index (χ1v) is 12.5. The summed E-state index contributed by atoms with van der Waals surface area (Å²) in [6.45, 7) is 0. The minimum absolute atomic E-state index is 0.0778. The van der Waals surface area contributed by atoms with Crippen molar-refractivity contribution >= 4 is 53.1 Å². The van der Waals surface area contributed by atoms with Gasteiger partial charge >= 0.3 is 12.1 Å². The number of β-lactam (4-membered cyclic amide) rings is 1. The van der Waals surface area contributed by atoms with Crippen molar-refractivity contribution in [1.82, 2.24) is 30.4 Å².